The molecule has 1 amide bonds. The van der Waals surface area contributed by atoms with E-state index in [-0.39, 0.29) is 0 Å². The van der Waals surface area contributed by atoms with E-state index in [9.17, 15) is 4.79 Å². The van der Waals surface area contributed by atoms with Crippen LogP contribution in [0.4, 0.5) is 0 Å². The number of H-pyrrole nitrogens is 1. The van der Waals surface area contributed by atoms with Crippen LogP contribution in [0.1, 0.15) is 43.7 Å². The van der Waals surface area contributed by atoms with E-state index in [0.717, 1.165) is 49.8 Å². The largest absolute Gasteiger partial charge is 0.343 e. The fraction of sp³-hybridized carbons (Fsp3) is 0.529. The number of nitrogens with zero attached hydrogens (tertiary/aromatic N) is 2. The van der Waals surface area contributed by atoms with Crippen LogP contribution in [-0.2, 0) is 4.79 Å². The van der Waals surface area contributed by atoms with Crippen LogP contribution < -0.4 is 0 Å². The van der Waals surface area contributed by atoms with E-state index < -0.39 is 0 Å². The molecule has 1 unspecified atom stereocenters. The van der Waals surface area contributed by atoms with Crippen molar-refractivity contribution in [1.82, 2.24) is 14.9 Å². The van der Waals surface area contributed by atoms with Crippen molar-refractivity contribution < 1.29 is 4.79 Å². The summed E-state index contributed by atoms with van der Waals surface area (Å²) in [6, 6.07) is 6.25. The zero-order valence-electron chi connectivity index (χ0n) is 12.2. The first-order valence-corrected chi connectivity index (χ1v) is 8.04. The molecule has 0 radical (unpaired) electrons. The number of hydrogen-bond donors (Lipinski definition) is 1. The molecule has 1 saturated carbocycles. The zero-order chi connectivity index (χ0) is 14.2. The van der Waals surface area contributed by atoms with Crippen molar-refractivity contribution in [3.8, 4) is 0 Å². The quantitative estimate of drug-likeness (QED) is 0.920. The highest BCUT2D eigenvalue weighted by Gasteiger charge is 2.32. The van der Waals surface area contributed by atoms with Gasteiger partial charge in [0.2, 0.25) is 5.91 Å². The lowest BCUT2D eigenvalue weighted by Gasteiger charge is -2.37. The summed E-state index contributed by atoms with van der Waals surface area (Å²) in [5, 5.41) is 1.16. The normalized spacial score (nSPS) is 23.2. The Hall–Kier alpha value is -1.84. The molecule has 4 heteroatoms. The number of carbonyl (C=O) groups is 1. The predicted molar refractivity (Wildman–Crippen MR) is 82.0 cm³/mol. The molecule has 3 heterocycles. The standard InChI is InChI=1S/C17H21N3O/c21-17(12-4-1-5-12)20-9-3-7-14(11-20)15-10-13-6-2-8-18-16(13)19-15/h2,6,8,10,12,14H,1,3-5,7,9,11H2,(H,18,19). The number of hydrogen-bond acceptors (Lipinski definition) is 2. The van der Waals surface area contributed by atoms with E-state index in [0.29, 0.717) is 17.7 Å². The maximum atomic E-state index is 12.4. The molecule has 4 nitrogen and oxygen atoms in total. The SMILES string of the molecule is O=C(C1CCC1)N1CCCC(c2cc3cccnc3[nH]2)C1. The summed E-state index contributed by atoms with van der Waals surface area (Å²) in [5.74, 6) is 1.13. The minimum atomic E-state index is 0.313. The minimum absolute atomic E-state index is 0.313. The summed E-state index contributed by atoms with van der Waals surface area (Å²) in [6.45, 7) is 1.80. The Bertz CT molecular complexity index is 626. The van der Waals surface area contributed by atoms with Gasteiger partial charge in [0.1, 0.15) is 5.65 Å². The third-order valence-electron chi connectivity index (χ3n) is 5.04. The van der Waals surface area contributed by atoms with E-state index >= 15 is 0 Å². The molecule has 1 N–H and O–H groups in total. The fourth-order valence-corrected chi connectivity index (χ4v) is 3.54. The average molecular weight is 283 g/mol. The third kappa shape index (κ3) is 2.33. The highest BCUT2D eigenvalue weighted by Crippen LogP contribution is 2.33. The van der Waals surface area contributed by atoms with Crippen molar-refractivity contribution in [2.75, 3.05) is 13.1 Å². The van der Waals surface area contributed by atoms with Gasteiger partial charge in [-0.25, -0.2) is 4.98 Å². The Labute approximate surface area is 124 Å². The lowest BCUT2D eigenvalue weighted by molar-refractivity contribution is -0.139. The molecule has 4 rings (SSSR count). The van der Waals surface area contributed by atoms with Gasteiger partial charge in [-0.3, -0.25) is 4.79 Å². The molecular formula is C17H21N3O. The summed E-state index contributed by atoms with van der Waals surface area (Å²) >= 11 is 0. The lowest BCUT2D eigenvalue weighted by Crippen LogP contribution is -2.44. The Morgan fingerprint density at radius 3 is 2.95 bits per heavy atom. The number of aromatic amines is 1. The fourth-order valence-electron chi connectivity index (χ4n) is 3.54. The maximum Gasteiger partial charge on any atom is 0.225 e. The first-order chi connectivity index (χ1) is 10.3. The van der Waals surface area contributed by atoms with Gasteiger partial charge in [-0.05, 0) is 43.9 Å². The van der Waals surface area contributed by atoms with Crippen LogP contribution in [0.5, 0.6) is 0 Å². The summed E-state index contributed by atoms with van der Waals surface area (Å²) in [4.78, 5) is 22.3. The van der Waals surface area contributed by atoms with Crippen molar-refractivity contribution in [1.29, 1.82) is 0 Å². The summed E-state index contributed by atoms with van der Waals surface area (Å²) in [5.41, 5.74) is 2.18. The molecule has 2 aromatic rings. The molecule has 0 bridgehead atoms. The number of carbonyl (C=O) groups excluding carboxylic acids is 1. The van der Waals surface area contributed by atoms with Crippen LogP contribution in [0.3, 0.4) is 0 Å². The van der Waals surface area contributed by atoms with Crippen LogP contribution >= 0.6 is 0 Å². The molecule has 2 aromatic heterocycles. The van der Waals surface area contributed by atoms with Gasteiger partial charge in [0.25, 0.3) is 0 Å². The first kappa shape index (κ1) is 12.9. The molecule has 2 fully saturated rings. The van der Waals surface area contributed by atoms with E-state index in [1.54, 1.807) is 0 Å². The van der Waals surface area contributed by atoms with E-state index in [2.05, 4.69) is 27.0 Å². The molecule has 1 aliphatic carbocycles. The third-order valence-corrected chi connectivity index (χ3v) is 5.04. The lowest BCUT2D eigenvalue weighted by atomic mass is 9.83. The highest BCUT2D eigenvalue weighted by molar-refractivity contribution is 5.80. The number of rotatable bonds is 2. The van der Waals surface area contributed by atoms with E-state index in [1.165, 1.54) is 12.1 Å². The number of likely N-dealkylation sites (tertiary alicyclic amines) is 1. The van der Waals surface area contributed by atoms with Crippen LogP contribution in [0, 0.1) is 5.92 Å². The Balaban J connectivity index is 1.53. The van der Waals surface area contributed by atoms with E-state index in [1.807, 2.05) is 12.3 Å². The second-order valence-electron chi connectivity index (χ2n) is 6.42. The maximum absolute atomic E-state index is 12.4. The van der Waals surface area contributed by atoms with Crippen molar-refractivity contribution in [3.05, 3.63) is 30.1 Å². The van der Waals surface area contributed by atoms with Gasteiger partial charge in [-0.1, -0.05) is 6.42 Å². The second kappa shape index (κ2) is 5.17. The number of amides is 1. The molecule has 0 spiro atoms. The van der Waals surface area contributed by atoms with Gasteiger partial charge in [0.05, 0.1) is 0 Å². The monoisotopic (exact) mass is 283 g/mol. The number of aromatic nitrogens is 2. The minimum Gasteiger partial charge on any atom is -0.343 e. The van der Waals surface area contributed by atoms with Crippen molar-refractivity contribution in [2.24, 2.45) is 5.92 Å². The molecule has 1 saturated heterocycles. The Morgan fingerprint density at radius 1 is 1.29 bits per heavy atom. The number of nitrogens with one attached hydrogen (secondary N) is 1. The van der Waals surface area contributed by atoms with Gasteiger partial charge in [0.15, 0.2) is 0 Å². The summed E-state index contributed by atoms with van der Waals surface area (Å²) < 4.78 is 0. The van der Waals surface area contributed by atoms with Gasteiger partial charge in [-0.15, -0.1) is 0 Å². The number of fused-ring (bicyclic) bond motifs is 1. The zero-order valence-corrected chi connectivity index (χ0v) is 12.2. The molecule has 1 atom stereocenters. The highest BCUT2D eigenvalue weighted by atomic mass is 16.2. The van der Waals surface area contributed by atoms with Crippen LogP contribution in [-0.4, -0.2) is 33.9 Å². The topological polar surface area (TPSA) is 49.0 Å². The molecule has 2 aliphatic rings. The number of pyridine rings is 1. The molecular weight excluding hydrogens is 262 g/mol. The second-order valence-corrected chi connectivity index (χ2v) is 6.42. The molecule has 1 aliphatic heterocycles. The first-order valence-electron chi connectivity index (χ1n) is 8.04. The van der Waals surface area contributed by atoms with Gasteiger partial charge >= 0.3 is 0 Å². The van der Waals surface area contributed by atoms with Crippen molar-refractivity contribution >= 4 is 16.9 Å². The number of piperidine rings is 1. The van der Waals surface area contributed by atoms with E-state index in [4.69, 9.17) is 0 Å². The van der Waals surface area contributed by atoms with Gasteiger partial charge < -0.3 is 9.88 Å². The molecule has 110 valence electrons. The van der Waals surface area contributed by atoms with Gasteiger partial charge in [-0.2, -0.15) is 0 Å². The van der Waals surface area contributed by atoms with Crippen molar-refractivity contribution in [2.45, 2.75) is 38.0 Å². The van der Waals surface area contributed by atoms with Gasteiger partial charge in [0, 0.05) is 42.2 Å². The smallest absolute Gasteiger partial charge is 0.225 e. The molecule has 21 heavy (non-hydrogen) atoms. The summed E-state index contributed by atoms with van der Waals surface area (Å²) in [6.07, 6.45) is 7.48. The van der Waals surface area contributed by atoms with Crippen LogP contribution in [0.15, 0.2) is 24.4 Å². The van der Waals surface area contributed by atoms with Crippen molar-refractivity contribution in [3.63, 3.8) is 0 Å². The summed E-state index contributed by atoms with van der Waals surface area (Å²) in [7, 11) is 0. The predicted octanol–water partition coefficient (Wildman–Crippen LogP) is 3.07. The average Bonchev–Trinajstić information content (AvgIpc) is 2.89. The molecule has 0 aromatic carbocycles. The van der Waals surface area contributed by atoms with Crippen LogP contribution in [0.2, 0.25) is 0 Å². The Morgan fingerprint density at radius 2 is 2.19 bits per heavy atom. The van der Waals surface area contributed by atoms with Crippen LogP contribution in [0.25, 0.3) is 11.0 Å². The Kier molecular flexibility index (Phi) is 3.17.